The lowest BCUT2D eigenvalue weighted by Gasteiger charge is -2.25. The standard InChI is InChI=1S/C27H28F5N7O2/c1-14-9-17-10-20(34-14)19-12-33-38(3)25(19)41-8-4-5-16(23(28)29)13-39-22-7-6-18(35-15(2)27(30,31)32)11-21(22)36-26(39)37-24(17)40/h6-7,9-12,15-16,23,35H,4-5,8,13H2,1-3H3,(H,36,37,40). The normalized spacial score (nSPS) is 19.5. The molecule has 0 aliphatic carbocycles. The molecular formula is C27H28F5N7O2. The number of rotatable bonds is 3. The summed E-state index contributed by atoms with van der Waals surface area (Å²) < 4.78 is 75.1. The number of benzene rings is 1. The van der Waals surface area contributed by atoms with Crippen molar-refractivity contribution >= 4 is 28.9 Å². The molecule has 0 radical (unpaired) electrons. The Morgan fingerprint density at radius 3 is 2.71 bits per heavy atom. The number of hydrogen-bond donors (Lipinski definition) is 2. The van der Waals surface area contributed by atoms with E-state index in [-0.39, 0.29) is 36.8 Å². The van der Waals surface area contributed by atoms with Gasteiger partial charge in [0.25, 0.3) is 5.91 Å². The van der Waals surface area contributed by atoms with Crippen molar-refractivity contribution < 1.29 is 31.5 Å². The maximum absolute atomic E-state index is 14.2. The van der Waals surface area contributed by atoms with Gasteiger partial charge in [0.2, 0.25) is 18.3 Å². The fourth-order valence-corrected chi connectivity index (χ4v) is 4.78. The lowest BCUT2D eigenvalue weighted by molar-refractivity contribution is -0.138. The summed E-state index contributed by atoms with van der Waals surface area (Å²) in [5.74, 6) is -1.37. The zero-order chi connectivity index (χ0) is 29.5. The highest BCUT2D eigenvalue weighted by Crippen LogP contribution is 2.38. The second kappa shape index (κ2) is 11.0. The Bertz CT molecular complexity index is 1490. The summed E-state index contributed by atoms with van der Waals surface area (Å²) >= 11 is 0. The Morgan fingerprint density at radius 2 is 1.98 bits per heavy atom. The molecule has 1 aromatic carbocycles. The van der Waals surface area contributed by atoms with Gasteiger partial charge >= 0.3 is 6.18 Å². The summed E-state index contributed by atoms with van der Waals surface area (Å²) in [5.41, 5.74) is 2.63. The van der Waals surface area contributed by atoms with Crippen molar-refractivity contribution in [3.05, 3.63) is 47.8 Å². The van der Waals surface area contributed by atoms with E-state index in [1.54, 1.807) is 32.3 Å². The zero-order valence-electron chi connectivity index (χ0n) is 22.5. The Morgan fingerprint density at radius 1 is 1.20 bits per heavy atom. The Labute approximate surface area is 232 Å². The molecule has 14 heteroatoms. The van der Waals surface area contributed by atoms with Crippen molar-refractivity contribution in [2.45, 2.75) is 45.3 Å². The fourth-order valence-electron chi connectivity index (χ4n) is 4.78. The first-order chi connectivity index (χ1) is 19.4. The van der Waals surface area contributed by atoms with Crippen LogP contribution in [0.25, 0.3) is 11.3 Å². The topological polar surface area (TPSA) is 96.7 Å². The van der Waals surface area contributed by atoms with E-state index in [1.165, 1.54) is 27.8 Å². The molecule has 2 aromatic heterocycles. The summed E-state index contributed by atoms with van der Waals surface area (Å²) in [6.45, 7) is 2.67. The third-order valence-corrected chi connectivity index (χ3v) is 6.96. The van der Waals surface area contributed by atoms with Crippen molar-refractivity contribution in [1.29, 1.82) is 0 Å². The van der Waals surface area contributed by atoms with E-state index < -0.39 is 30.5 Å². The quantitative estimate of drug-likeness (QED) is 0.389. The van der Waals surface area contributed by atoms with E-state index in [1.807, 2.05) is 0 Å². The SMILES string of the molecule is Cc1cc2cc(n1)-c1cnn(C)c1OCCCC(C(F)F)CN1/C(=N/C2=O)Nc2cc(NC(C)C(F)(F)F)ccc21. The minimum atomic E-state index is -4.47. The van der Waals surface area contributed by atoms with Crippen LogP contribution in [0, 0.1) is 12.8 Å². The molecule has 3 aromatic rings. The second-order valence-corrected chi connectivity index (χ2v) is 10.1. The maximum atomic E-state index is 14.2. The second-order valence-electron chi connectivity index (χ2n) is 10.1. The van der Waals surface area contributed by atoms with Crippen LogP contribution in [-0.4, -0.2) is 58.4 Å². The minimum Gasteiger partial charge on any atom is -0.477 e. The van der Waals surface area contributed by atoms with E-state index >= 15 is 0 Å². The van der Waals surface area contributed by atoms with Gasteiger partial charge in [-0.25, -0.2) is 13.5 Å². The monoisotopic (exact) mass is 577 g/mol. The van der Waals surface area contributed by atoms with Gasteiger partial charge in [0.1, 0.15) is 6.04 Å². The third kappa shape index (κ3) is 5.95. The molecule has 0 saturated carbocycles. The molecule has 2 bridgehead atoms. The van der Waals surface area contributed by atoms with Crippen LogP contribution in [0.15, 0.2) is 41.5 Å². The van der Waals surface area contributed by atoms with Crippen LogP contribution in [0.4, 0.5) is 39.0 Å². The first-order valence-corrected chi connectivity index (χ1v) is 13.0. The van der Waals surface area contributed by atoms with Crippen molar-refractivity contribution in [2.75, 3.05) is 28.7 Å². The average molecular weight is 578 g/mol. The van der Waals surface area contributed by atoms with Crippen LogP contribution in [0.5, 0.6) is 5.88 Å². The van der Waals surface area contributed by atoms with Gasteiger partial charge in [-0.2, -0.15) is 23.3 Å². The van der Waals surface area contributed by atoms with Gasteiger partial charge in [-0.15, -0.1) is 0 Å². The van der Waals surface area contributed by atoms with Crippen molar-refractivity contribution in [3.63, 3.8) is 0 Å². The highest BCUT2D eigenvalue weighted by molar-refractivity contribution is 6.19. The molecule has 2 N–H and O–H groups in total. The number of pyridine rings is 1. The van der Waals surface area contributed by atoms with Crippen LogP contribution in [0.3, 0.4) is 0 Å². The molecule has 2 unspecified atom stereocenters. The summed E-state index contributed by atoms with van der Waals surface area (Å²) in [6, 6.07) is 5.66. The van der Waals surface area contributed by atoms with Gasteiger partial charge in [0.15, 0.2) is 0 Å². The highest BCUT2D eigenvalue weighted by atomic mass is 19.4. The molecule has 0 spiro atoms. The number of hydrogen-bond acceptors (Lipinski definition) is 7. The van der Waals surface area contributed by atoms with Gasteiger partial charge in [0, 0.05) is 36.5 Å². The molecule has 218 valence electrons. The molecular weight excluding hydrogens is 549 g/mol. The lowest BCUT2D eigenvalue weighted by Crippen LogP contribution is -2.37. The highest BCUT2D eigenvalue weighted by Gasteiger charge is 2.37. The van der Waals surface area contributed by atoms with Crippen LogP contribution in [0.1, 0.15) is 35.8 Å². The number of ether oxygens (including phenoxy) is 1. The number of fused-ring (bicyclic) bond motifs is 7. The number of guanidine groups is 1. The maximum Gasteiger partial charge on any atom is 0.408 e. The summed E-state index contributed by atoms with van der Waals surface area (Å²) in [6.07, 6.45) is -5.18. The van der Waals surface area contributed by atoms with Crippen molar-refractivity contribution in [1.82, 2.24) is 14.8 Å². The number of halogens is 5. The Balaban J connectivity index is 1.56. The van der Waals surface area contributed by atoms with Gasteiger partial charge < -0.3 is 20.3 Å². The fraction of sp³-hybridized carbons (Fsp3) is 0.407. The number of carbonyl (C=O) groups is 1. The lowest BCUT2D eigenvalue weighted by atomic mass is 10.0. The molecule has 0 saturated heterocycles. The van der Waals surface area contributed by atoms with Crippen LogP contribution < -0.4 is 20.3 Å². The minimum absolute atomic E-state index is 0.000809. The Kier molecular flexibility index (Phi) is 7.58. The first-order valence-electron chi connectivity index (χ1n) is 13.0. The smallest absolute Gasteiger partial charge is 0.408 e. The number of nitrogens with one attached hydrogen (secondary N) is 2. The number of nitrogens with zero attached hydrogens (tertiary/aromatic N) is 5. The summed E-state index contributed by atoms with van der Waals surface area (Å²) in [5, 5.41) is 9.57. The van der Waals surface area contributed by atoms with Gasteiger partial charge in [-0.05, 0) is 57.0 Å². The molecule has 4 heterocycles. The van der Waals surface area contributed by atoms with E-state index in [0.29, 0.717) is 40.6 Å². The number of anilines is 3. The predicted octanol–water partition coefficient (Wildman–Crippen LogP) is 5.64. The van der Waals surface area contributed by atoms with E-state index in [0.717, 1.165) is 6.92 Å². The number of aryl methyl sites for hydroxylation is 2. The van der Waals surface area contributed by atoms with E-state index in [4.69, 9.17) is 4.74 Å². The number of carbonyl (C=O) groups excluding carboxylic acids is 1. The van der Waals surface area contributed by atoms with E-state index in [2.05, 4.69) is 25.7 Å². The number of aromatic nitrogens is 3. The molecule has 9 nitrogen and oxygen atoms in total. The van der Waals surface area contributed by atoms with Crippen molar-refractivity contribution in [3.8, 4) is 17.1 Å². The molecule has 5 rings (SSSR count). The van der Waals surface area contributed by atoms with Gasteiger partial charge in [0.05, 0.1) is 35.4 Å². The Hall–Kier alpha value is -4.23. The molecule has 1 amide bonds. The zero-order valence-corrected chi connectivity index (χ0v) is 22.5. The number of aliphatic imine (C=N–C) groups is 1. The largest absolute Gasteiger partial charge is 0.477 e. The van der Waals surface area contributed by atoms with E-state index in [9.17, 15) is 26.7 Å². The molecule has 2 aliphatic rings. The summed E-state index contributed by atoms with van der Waals surface area (Å²) in [4.78, 5) is 23.6. The third-order valence-electron chi connectivity index (χ3n) is 6.96. The van der Waals surface area contributed by atoms with Crippen molar-refractivity contribution in [2.24, 2.45) is 18.0 Å². The summed E-state index contributed by atoms with van der Waals surface area (Å²) in [7, 11) is 1.69. The van der Waals surface area contributed by atoms with Crippen LogP contribution in [-0.2, 0) is 7.05 Å². The first kappa shape index (κ1) is 28.3. The molecule has 41 heavy (non-hydrogen) atoms. The number of amides is 1. The average Bonchev–Trinajstić information content (AvgIpc) is 3.43. The number of alkyl halides is 5. The predicted molar refractivity (Wildman–Crippen MR) is 144 cm³/mol. The molecule has 2 aliphatic heterocycles. The van der Waals surface area contributed by atoms with Crippen LogP contribution in [0.2, 0.25) is 0 Å². The van der Waals surface area contributed by atoms with Gasteiger partial charge in [-0.1, -0.05) is 0 Å². The molecule has 2 atom stereocenters. The molecule has 0 fully saturated rings. The van der Waals surface area contributed by atoms with Gasteiger partial charge in [-0.3, -0.25) is 9.78 Å². The van der Waals surface area contributed by atoms with Crippen LogP contribution >= 0.6 is 0 Å².